The Hall–Kier alpha value is -3.13. The number of piperidine rings is 1. The van der Waals surface area contributed by atoms with Crippen LogP contribution in [0.4, 0.5) is 5.69 Å². The van der Waals surface area contributed by atoms with Crippen molar-refractivity contribution in [3.05, 3.63) is 62.7 Å². The summed E-state index contributed by atoms with van der Waals surface area (Å²) in [6.07, 6.45) is 1.22. The minimum Gasteiger partial charge on any atom is -0.497 e. The van der Waals surface area contributed by atoms with Gasteiger partial charge in [0.25, 0.3) is 11.6 Å². The number of halogens is 1. The average Bonchev–Trinajstić information content (AvgIpc) is 2.73. The largest absolute Gasteiger partial charge is 0.497 e. The molecule has 2 aromatic rings. The Morgan fingerprint density at radius 1 is 1.23 bits per heavy atom. The van der Waals surface area contributed by atoms with Crippen LogP contribution < -0.4 is 9.47 Å². The van der Waals surface area contributed by atoms with Gasteiger partial charge >= 0.3 is 0 Å². The first-order chi connectivity index (χ1) is 14.3. The number of fused-ring (bicyclic) bond motifs is 1. The molecule has 8 nitrogen and oxygen atoms in total. The van der Waals surface area contributed by atoms with E-state index in [1.807, 2.05) is 0 Å². The van der Waals surface area contributed by atoms with Gasteiger partial charge in [-0.2, -0.15) is 0 Å². The molecule has 156 valence electrons. The number of nitrogens with zero attached hydrogens (tertiary/aromatic N) is 2. The molecule has 1 spiro atoms. The predicted octanol–water partition coefficient (Wildman–Crippen LogP) is 3.90. The van der Waals surface area contributed by atoms with Crippen LogP contribution in [-0.2, 0) is 0 Å². The van der Waals surface area contributed by atoms with Crippen LogP contribution in [0, 0.1) is 10.1 Å². The molecule has 2 aliphatic rings. The molecule has 30 heavy (non-hydrogen) atoms. The summed E-state index contributed by atoms with van der Waals surface area (Å²) < 4.78 is 11.4. The molecule has 0 N–H and O–H groups in total. The van der Waals surface area contributed by atoms with Crippen molar-refractivity contribution in [3.63, 3.8) is 0 Å². The van der Waals surface area contributed by atoms with Gasteiger partial charge in [0, 0.05) is 43.6 Å². The van der Waals surface area contributed by atoms with Gasteiger partial charge in [-0.25, -0.2) is 0 Å². The fourth-order valence-electron chi connectivity index (χ4n) is 3.97. The number of ether oxygens (including phenoxy) is 2. The molecule has 0 unspecified atom stereocenters. The van der Waals surface area contributed by atoms with Crippen molar-refractivity contribution >= 4 is 29.0 Å². The molecule has 1 amide bonds. The van der Waals surface area contributed by atoms with Gasteiger partial charge in [-0.15, -0.1) is 0 Å². The first kappa shape index (κ1) is 20.2. The van der Waals surface area contributed by atoms with Gasteiger partial charge in [-0.05, 0) is 24.3 Å². The Morgan fingerprint density at radius 2 is 1.97 bits per heavy atom. The molecule has 0 atom stereocenters. The maximum Gasteiger partial charge on any atom is 0.288 e. The van der Waals surface area contributed by atoms with Crippen molar-refractivity contribution in [2.24, 2.45) is 0 Å². The normalized spacial score (nSPS) is 17.3. The standard InChI is InChI=1S/C21H19ClN2O6/c1-29-14-3-4-15-18(25)12-21(30-19(15)11-14)6-8-23(9-7-21)20(26)13-2-5-16(22)17(10-13)24(27)28/h2-5,10-11H,6-9,12H2,1H3. The number of nitro groups is 1. The highest BCUT2D eigenvalue weighted by Gasteiger charge is 2.44. The number of amides is 1. The number of hydrogen-bond donors (Lipinski definition) is 0. The summed E-state index contributed by atoms with van der Waals surface area (Å²) in [7, 11) is 1.55. The van der Waals surface area contributed by atoms with Gasteiger partial charge in [-0.1, -0.05) is 11.6 Å². The minimum absolute atomic E-state index is 0.00649. The Morgan fingerprint density at radius 3 is 2.63 bits per heavy atom. The van der Waals surface area contributed by atoms with E-state index in [0.717, 1.165) is 0 Å². The fourth-order valence-corrected chi connectivity index (χ4v) is 4.15. The van der Waals surface area contributed by atoms with Gasteiger partial charge in [0.2, 0.25) is 0 Å². The molecule has 9 heteroatoms. The molecule has 0 aromatic heterocycles. The van der Waals surface area contributed by atoms with Crippen LogP contribution in [0.1, 0.15) is 40.0 Å². The van der Waals surface area contributed by atoms with Gasteiger partial charge in [0.1, 0.15) is 22.1 Å². The summed E-state index contributed by atoms with van der Waals surface area (Å²) >= 11 is 5.83. The number of hydrogen-bond acceptors (Lipinski definition) is 6. The van der Waals surface area contributed by atoms with Crippen LogP contribution >= 0.6 is 11.6 Å². The van der Waals surface area contributed by atoms with Crippen LogP contribution in [0.3, 0.4) is 0 Å². The second-order valence-electron chi connectivity index (χ2n) is 7.46. The predicted molar refractivity (Wildman–Crippen MR) is 109 cm³/mol. The number of rotatable bonds is 3. The highest BCUT2D eigenvalue weighted by Crippen LogP contribution is 2.41. The van der Waals surface area contributed by atoms with Crippen LogP contribution in [0.25, 0.3) is 0 Å². The summed E-state index contributed by atoms with van der Waals surface area (Å²) in [5, 5.41) is 11.1. The molecular weight excluding hydrogens is 412 g/mol. The Labute approximate surface area is 177 Å². The number of ketones is 1. The van der Waals surface area contributed by atoms with Crippen LogP contribution in [0.2, 0.25) is 5.02 Å². The maximum atomic E-state index is 12.8. The summed E-state index contributed by atoms with van der Waals surface area (Å²) in [6, 6.07) is 9.16. The minimum atomic E-state index is -0.667. The summed E-state index contributed by atoms with van der Waals surface area (Å²) in [6.45, 7) is 0.754. The zero-order valence-corrected chi connectivity index (χ0v) is 17.0. The van der Waals surface area contributed by atoms with Gasteiger partial charge < -0.3 is 14.4 Å². The molecule has 2 heterocycles. The van der Waals surface area contributed by atoms with E-state index in [9.17, 15) is 19.7 Å². The van der Waals surface area contributed by atoms with Crippen LogP contribution in [0.15, 0.2) is 36.4 Å². The quantitative estimate of drug-likeness (QED) is 0.541. The monoisotopic (exact) mass is 430 g/mol. The zero-order chi connectivity index (χ0) is 21.5. The Balaban J connectivity index is 1.50. The molecule has 2 aliphatic heterocycles. The van der Waals surface area contributed by atoms with Gasteiger partial charge in [0.05, 0.1) is 24.0 Å². The maximum absolute atomic E-state index is 12.8. The summed E-state index contributed by atoms with van der Waals surface area (Å²) in [5.74, 6) is 0.801. The van der Waals surface area contributed by atoms with Crippen molar-refractivity contribution < 1.29 is 24.0 Å². The number of carbonyl (C=O) groups is 2. The van der Waals surface area contributed by atoms with Crippen molar-refractivity contribution in [1.29, 1.82) is 0 Å². The van der Waals surface area contributed by atoms with Crippen molar-refractivity contribution in [3.8, 4) is 11.5 Å². The lowest BCUT2D eigenvalue weighted by molar-refractivity contribution is -0.384. The molecule has 0 saturated carbocycles. The van der Waals surface area contributed by atoms with Gasteiger partial charge in [0.15, 0.2) is 5.78 Å². The smallest absolute Gasteiger partial charge is 0.288 e. The number of likely N-dealkylation sites (tertiary alicyclic amines) is 1. The number of methoxy groups -OCH3 is 1. The molecule has 0 radical (unpaired) electrons. The van der Waals surface area contributed by atoms with E-state index in [0.29, 0.717) is 43.0 Å². The van der Waals surface area contributed by atoms with Crippen molar-refractivity contribution in [1.82, 2.24) is 4.90 Å². The molecule has 4 rings (SSSR count). The lowest BCUT2D eigenvalue weighted by Crippen LogP contribution is -2.52. The highest BCUT2D eigenvalue weighted by atomic mass is 35.5. The third-order valence-corrected chi connectivity index (χ3v) is 5.97. The van der Waals surface area contributed by atoms with E-state index in [4.69, 9.17) is 21.1 Å². The van der Waals surface area contributed by atoms with E-state index in [2.05, 4.69) is 0 Å². The van der Waals surface area contributed by atoms with Gasteiger partial charge in [-0.3, -0.25) is 19.7 Å². The third kappa shape index (κ3) is 3.59. The number of benzene rings is 2. The first-order valence-electron chi connectivity index (χ1n) is 9.45. The van der Waals surface area contributed by atoms with E-state index in [1.165, 1.54) is 18.2 Å². The van der Waals surface area contributed by atoms with Crippen molar-refractivity contribution in [2.75, 3.05) is 20.2 Å². The van der Waals surface area contributed by atoms with E-state index in [1.54, 1.807) is 30.2 Å². The molecular formula is C21H19ClN2O6. The number of carbonyl (C=O) groups excluding carboxylic acids is 2. The zero-order valence-electron chi connectivity index (χ0n) is 16.2. The van der Waals surface area contributed by atoms with Crippen molar-refractivity contribution in [2.45, 2.75) is 24.9 Å². The Bertz CT molecular complexity index is 1050. The van der Waals surface area contributed by atoms with E-state index in [-0.39, 0.29) is 34.4 Å². The fraction of sp³-hybridized carbons (Fsp3) is 0.333. The molecule has 1 fully saturated rings. The number of Topliss-reactive ketones (excluding diaryl/α,β-unsaturated/α-hetero) is 1. The second kappa shape index (κ2) is 7.60. The average molecular weight is 431 g/mol. The van der Waals surface area contributed by atoms with Crippen LogP contribution in [0.5, 0.6) is 11.5 Å². The Kier molecular flexibility index (Phi) is 5.11. The third-order valence-electron chi connectivity index (χ3n) is 5.65. The summed E-state index contributed by atoms with van der Waals surface area (Å²) in [5.41, 5.74) is -0.229. The SMILES string of the molecule is COc1ccc2c(c1)OC1(CCN(C(=O)c3ccc(Cl)c([N+](=O)[O-])c3)CC1)CC2=O. The lowest BCUT2D eigenvalue weighted by atomic mass is 9.82. The summed E-state index contributed by atoms with van der Waals surface area (Å²) in [4.78, 5) is 37.6. The van der Waals surface area contributed by atoms with Crippen LogP contribution in [-0.4, -0.2) is 47.3 Å². The lowest BCUT2D eigenvalue weighted by Gasteiger charge is -2.44. The highest BCUT2D eigenvalue weighted by molar-refractivity contribution is 6.32. The molecule has 1 saturated heterocycles. The molecule has 0 bridgehead atoms. The van der Waals surface area contributed by atoms with E-state index < -0.39 is 10.5 Å². The van der Waals surface area contributed by atoms with E-state index >= 15 is 0 Å². The molecule has 0 aliphatic carbocycles. The molecule has 2 aromatic carbocycles. The topological polar surface area (TPSA) is 99.0 Å². The second-order valence-corrected chi connectivity index (χ2v) is 7.87. The first-order valence-corrected chi connectivity index (χ1v) is 9.83. The number of nitro benzene ring substituents is 1.